The van der Waals surface area contributed by atoms with Gasteiger partial charge in [-0.15, -0.1) is 0 Å². The summed E-state index contributed by atoms with van der Waals surface area (Å²) < 4.78 is 11.2. The Morgan fingerprint density at radius 1 is 1.32 bits per heavy atom. The van der Waals surface area contributed by atoms with Crippen LogP contribution in [-0.2, 0) is 9.47 Å². The second kappa shape index (κ2) is 6.45. The fourth-order valence-corrected chi connectivity index (χ4v) is 3.63. The van der Waals surface area contributed by atoms with Gasteiger partial charge in [-0.1, -0.05) is 0 Å². The van der Waals surface area contributed by atoms with Crippen LogP contribution in [0.2, 0.25) is 0 Å². The quantitative estimate of drug-likeness (QED) is 0.680. The molecule has 1 unspecified atom stereocenters. The van der Waals surface area contributed by atoms with Gasteiger partial charge in [0.25, 0.3) is 11.6 Å². The van der Waals surface area contributed by atoms with E-state index in [-0.39, 0.29) is 23.8 Å². The zero-order valence-electron chi connectivity index (χ0n) is 13.6. The Morgan fingerprint density at radius 3 is 2.88 bits per heavy atom. The number of aromatic amines is 1. The number of amides is 1. The minimum atomic E-state index is -0.452. The molecule has 1 atom stereocenters. The molecule has 132 valence electrons. The number of carbonyl (C=O) groups excluding carboxylic acids is 1. The van der Waals surface area contributed by atoms with Gasteiger partial charge in [0.05, 0.1) is 23.7 Å². The van der Waals surface area contributed by atoms with Crippen molar-refractivity contribution in [3.05, 3.63) is 40.1 Å². The largest absolute Gasteiger partial charge is 0.360 e. The maximum Gasteiger partial charge on any atom is 0.270 e. The Labute approximate surface area is 143 Å². The van der Waals surface area contributed by atoms with Crippen molar-refractivity contribution in [2.75, 3.05) is 26.3 Å². The number of nitrogens with one attached hydrogen (secondary N) is 1. The van der Waals surface area contributed by atoms with Gasteiger partial charge >= 0.3 is 0 Å². The van der Waals surface area contributed by atoms with Crippen molar-refractivity contribution in [2.24, 2.45) is 5.92 Å². The molecule has 0 saturated carbocycles. The molecule has 2 saturated heterocycles. The molecule has 2 aliphatic rings. The minimum Gasteiger partial charge on any atom is -0.360 e. The zero-order valence-corrected chi connectivity index (χ0v) is 13.6. The summed E-state index contributed by atoms with van der Waals surface area (Å²) >= 11 is 0. The molecular weight excluding hydrogens is 326 g/mol. The molecule has 1 N–H and O–H groups in total. The minimum absolute atomic E-state index is 0.0228. The van der Waals surface area contributed by atoms with Crippen LogP contribution in [0.4, 0.5) is 5.69 Å². The lowest BCUT2D eigenvalue weighted by molar-refractivity contribution is -0.384. The number of hydrogen-bond acceptors (Lipinski definition) is 5. The number of likely N-dealkylation sites (tertiary alicyclic amines) is 1. The number of piperidine rings is 1. The van der Waals surface area contributed by atoms with Crippen LogP contribution in [0.1, 0.15) is 23.2 Å². The van der Waals surface area contributed by atoms with Gasteiger partial charge in [-0.25, -0.2) is 0 Å². The van der Waals surface area contributed by atoms with Crippen molar-refractivity contribution in [3.8, 4) is 0 Å². The standard InChI is InChI=1S/C17H19N3O5/c21-16(19-5-1-2-11(10-19)17-24-6-7-25-17)14-9-18-15-4-3-12(20(22)23)8-13(14)15/h3-4,8-9,11,17-18H,1-2,5-7,10H2. The summed E-state index contributed by atoms with van der Waals surface area (Å²) in [6.07, 6.45) is 3.25. The lowest BCUT2D eigenvalue weighted by Gasteiger charge is -2.34. The van der Waals surface area contributed by atoms with Crippen molar-refractivity contribution < 1.29 is 19.2 Å². The Bertz CT molecular complexity index is 812. The van der Waals surface area contributed by atoms with Gasteiger partial charge in [-0.05, 0) is 18.9 Å². The monoisotopic (exact) mass is 345 g/mol. The molecule has 1 amide bonds. The molecule has 1 aromatic carbocycles. The van der Waals surface area contributed by atoms with Gasteiger partial charge in [0.1, 0.15) is 0 Å². The van der Waals surface area contributed by atoms with Crippen LogP contribution in [0.15, 0.2) is 24.4 Å². The van der Waals surface area contributed by atoms with Gasteiger partial charge in [0.15, 0.2) is 6.29 Å². The second-order valence-corrected chi connectivity index (χ2v) is 6.45. The summed E-state index contributed by atoms with van der Waals surface area (Å²) in [5.41, 5.74) is 1.16. The number of carbonyl (C=O) groups is 1. The number of benzene rings is 1. The molecule has 2 aliphatic heterocycles. The van der Waals surface area contributed by atoms with Gasteiger partial charge in [0, 0.05) is 48.2 Å². The molecule has 8 heteroatoms. The highest BCUT2D eigenvalue weighted by atomic mass is 16.7. The molecule has 0 bridgehead atoms. The molecule has 3 heterocycles. The Balaban J connectivity index is 1.58. The molecule has 2 fully saturated rings. The summed E-state index contributed by atoms with van der Waals surface area (Å²) in [7, 11) is 0. The average Bonchev–Trinajstić information content (AvgIpc) is 3.30. The highest BCUT2D eigenvalue weighted by molar-refractivity contribution is 6.07. The molecule has 0 spiro atoms. The van der Waals surface area contributed by atoms with Crippen LogP contribution in [0.25, 0.3) is 10.9 Å². The smallest absolute Gasteiger partial charge is 0.270 e. The van der Waals surface area contributed by atoms with E-state index in [0.717, 1.165) is 12.8 Å². The summed E-state index contributed by atoms with van der Waals surface area (Å²) in [4.78, 5) is 28.3. The van der Waals surface area contributed by atoms with Gasteiger partial charge in [0.2, 0.25) is 0 Å². The van der Waals surface area contributed by atoms with E-state index in [2.05, 4.69) is 4.98 Å². The number of fused-ring (bicyclic) bond motifs is 1. The maximum atomic E-state index is 13.0. The van der Waals surface area contributed by atoms with E-state index in [4.69, 9.17) is 9.47 Å². The van der Waals surface area contributed by atoms with E-state index >= 15 is 0 Å². The first-order chi connectivity index (χ1) is 12.1. The van der Waals surface area contributed by atoms with Gasteiger partial charge in [-0.3, -0.25) is 14.9 Å². The molecule has 0 radical (unpaired) electrons. The normalized spacial score (nSPS) is 21.8. The van der Waals surface area contributed by atoms with Crippen LogP contribution in [0, 0.1) is 16.0 Å². The molecule has 8 nitrogen and oxygen atoms in total. The number of nitro benzene ring substituents is 1. The Hall–Kier alpha value is -2.45. The third-order valence-corrected chi connectivity index (χ3v) is 4.88. The van der Waals surface area contributed by atoms with Crippen LogP contribution < -0.4 is 0 Å². The molecule has 25 heavy (non-hydrogen) atoms. The van der Waals surface area contributed by atoms with Crippen molar-refractivity contribution in [1.29, 1.82) is 0 Å². The predicted octanol–water partition coefficient (Wildman–Crippen LogP) is 2.30. The Morgan fingerprint density at radius 2 is 2.12 bits per heavy atom. The van der Waals surface area contributed by atoms with Gasteiger partial charge in [-0.2, -0.15) is 0 Å². The van der Waals surface area contributed by atoms with Crippen LogP contribution in [-0.4, -0.2) is 53.3 Å². The second-order valence-electron chi connectivity index (χ2n) is 6.45. The third kappa shape index (κ3) is 2.98. The summed E-state index contributed by atoms with van der Waals surface area (Å²) in [6.45, 7) is 2.44. The van der Waals surface area contributed by atoms with Crippen LogP contribution in [0.5, 0.6) is 0 Å². The average molecular weight is 345 g/mol. The first kappa shape index (κ1) is 16.0. The molecule has 0 aliphatic carbocycles. The van der Waals surface area contributed by atoms with E-state index in [1.165, 1.54) is 12.1 Å². The topological polar surface area (TPSA) is 97.7 Å². The number of aromatic nitrogens is 1. The zero-order chi connectivity index (χ0) is 17.4. The number of rotatable bonds is 3. The lowest BCUT2D eigenvalue weighted by Crippen LogP contribution is -2.43. The Kier molecular flexibility index (Phi) is 4.14. The summed E-state index contributed by atoms with van der Waals surface area (Å²) in [5, 5.41) is 11.6. The number of non-ortho nitro benzene ring substituents is 1. The van der Waals surface area contributed by atoms with E-state index < -0.39 is 4.92 Å². The van der Waals surface area contributed by atoms with Crippen molar-refractivity contribution in [3.63, 3.8) is 0 Å². The predicted molar refractivity (Wildman–Crippen MR) is 89.3 cm³/mol. The first-order valence-electron chi connectivity index (χ1n) is 8.41. The highest BCUT2D eigenvalue weighted by Crippen LogP contribution is 2.28. The number of hydrogen-bond donors (Lipinski definition) is 1. The number of H-pyrrole nitrogens is 1. The highest BCUT2D eigenvalue weighted by Gasteiger charge is 2.33. The van der Waals surface area contributed by atoms with E-state index in [1.54, 1.807) is 17.2 Å². The van der Waals surface area contributed by atoms with E-state index in [9.17, 15) is 14.9 Å². The maximum absolute atomic E-state index is 13.0. The number of nitrogens with zero attached hydrogens (tertiary/aromatic N) is 2. The van der Waals surface area contributed by atoms with Gasteiger partial charge < -0.3 is 19.4 Å². The van der Waals surface area contributed by atoms with Crippen LogP contribution in [0.3, 0.4) is 0 Å². The molecule has 2 aromatic rings. The lowest BCUT2D eigenvalue weighted by atomic mass is 9.96. The summed E-state index contributed by atoms with van der Waals surface area (Å²) in [5.74, 6) is 0.0502. The number of nitro groups is 1. The fourth-order valence-electron chi connectivity index (χ4n) is 3.63. The molecule has 4 rings (SSSR count). The van der Waals surface area contributed by atoms with Crippen molar-refractivity contribution in [2.45, 2.75) is 19.1 Å². The summed E-state index contributed by atoms with van der Waals surface area (Å²) in [6, 6.07) is 4.51. The van der Waals surface area contributed by atoms with Crippen molar-refractivity contribution in [1.82, 2.24) is 9.88 Å². The third-order valence-electron chi connectivity index (χ3n) is 4.88. The SMILES string of the molecule is O=C(c1c[nH]c2ccc([N+](=O)[O-])cc12)N1CCCC(C2OCCO2)C1. The first-order valence-corrected chi connectivity index (χ1v) is 8.41. The number of ether oxygens (including phenoxy) is 2. The van der Waals surface area contributed by atoms with E-state index in [1.807, 2.05) is 0 Å². The molecular formula is C17H19N3O5. The van der Waals surface area contributed by atoms with Crippen LogP contribution >= 0.6 is 0 Å². The fraction of sp³-hybridized carbons (Fsp3) is 0.471. The molecule has 1 aromatic heterocycles. The van der Waals surface area contributed by atoms with E-state index in [0.29, 0.717) is 42.8 Å². The van der Waals surface area contributed by atoms with Crippen molar-refractivity contribution >= 4 is 22.5 Å².